The van der Waals surface area contributed by atoms with Crippen molar-refractivity contribution in [3.63, 3.8) is 0 Å². The zero-order chi connectivity index (χ0) is 73.4. The molecule has 0 saturated heterocycles. The highest BCUT2D eigenvalue weighted by atomic mass is 127. The summed E-state index contributed by atoms with van der Waals surface area (Å²) in [5, 5.41) is 22.5. The lowest BCUT2D eigenvalue weighted by Gasteiger charge is -2.16. The van der Waals surface area contributed by atoms with Crippen molar-refractivity contribution in [3.8, 4) is 0 Å². The number of halogens is 6. The molecular formula is C79H98Cl4I2N14O3. The second kappa shape index (κ2) is 47.6. The average molecular weight is 1690 g/mol. The van der Waals surface area contributed by atoms with Crippen molar-refractivity contribution < 1.29 is 14.4 Å². The summed E-state index contributed by atoms with van der Waals surface area (Å²) >= 11 is 29.4. The van der Waals surface area contributed by atoms with Crippen LogP contribution in [0, 0.1) is 18.0 Å². The van der Waals surface area contributed by atoms with E-state index in [1.54, 1.807) is 0 Å². The Morgan fingerprint density at radius 3 is 1.14 bits per heavy atom. The van der Waals surface area contributed by atoms with Crippen LogP contribution in [0.1, 0.15) is 212 Å². The van der Waals surface area contributed by atoms with E-state index >= 15 is 0 Å². The smallest absolute Gasteiger partial charge is 0.279 e. The fourth-order valence-corrected chi connectivity index (χ4v) is 12.7. The zero-order valence-electron chi connectivity index (χ0n) is 58.8. The van der Waals surface area contributed by atoms with E-state index in [4.69, 9.17) is 74.4 Å². The van der Waals surface area contributed by atoms with E-state index in [-0.39, 0.29) is 67.4 Å². The van der Waals surface area contributed by atoms with Gasteiger partial charge in [-0.15, -0.1) is 0 Å². The second-order valence-corrected chi connectivity index (χ2v) is 29.4. The summed E-state index contributed by atoms with van der Waals surface area (Å²) in [7, 11) is 2.18. The van der Waals surface area contributed by atoms with Gasteiger partial charge in [-0.3, -0.25) is 25.2 Å². The number of carbonyl (C=O) groups is 3. The van der Waals surface area contributed by atoms with Gasteiger partial charge in [0, 0.05) is 31.4 Å². The number of aromatic nitrogens is 6. The number of ketones is 1. The summed E-state index contributed by atoms with van der Waals surface area (Å²) in [5.74, 6) is -0.671. The molecule has 0 aliphatic carbocycles. The van der Waals surface area contributed by atoms with Crippen molar-refractivity contribution in [3.05, 3.63) is 223 Å². The molecule has 0 atom stereocenters. The van der Waals surface area contributed by atoms with Crippen LogP contribution in [0.5, 0.6) is 0 Å². The first-order valence-electron chi connectivity index (χ1n) is 35.5. The average Bonchev–Trinajstić information content (AvgIpc) is 0.839. The van der Waals surface area contributed by atoms with Crippen molar-refractivity contribution in [2.75, 3.05) is 37.3 Å². The molecule has 544 valence electrons. The maximum atomic E-state index is 12.7. The van der Waals surface area contributed by atoms with E-state index in [1.807, 2.05) is 66.7 Å². The van der Waals surface area contributed by atoms with E-state index < -0.39 is 11.8 Å². The predicted molar refractivity (Wildman–Crippen MR) is 437 cm³/mol. The SMILES string of the molecule is CCCCCCCCCC(=N)NC(=O)c1nc(Cl)c(CCc2ccc(I)cc2)nc1N.CN(CCCCCCc1ccccc1)CCCCCC(=O)c1nc(Cl)c(CCc2ccc(Cl)cc2)nc1N.N=C(CCCCCc1ccccc1)NC(=O)c1nc(Cl)c(CCc2ccc(I)cc2)nc1N. The summed E-state index contributed by atoms with van der Waals surface area (Å²) in [6.45, 7) is 4.38. The Morgan fingerprint density at radius 1 is 0.392 bits per heavy atom. The number of anilines is 3. The molecule has 10 N–H and O–H groups in total. The highest BCUT2D eigenvalue weighted by Gasteiger charge is 2.21. The van der Waals surface area contributed by atoms with E-state index in [2.05, 4.69) is 171 Å². The number of carbonyl (C=O) groups excluding carboxylic acids is 3. The minimum absolute atomic E-state index is 0.0187. The van der Waals surface area contributed by atoms with Crippen LogP contribution in [0.4, 0.5) is 17.5 Å². The van der Waals surface area contributed by atoms with E-state index in [1.165, 1.54) is 82.5 Å². The van der Waals surface area contributed by atoms with Gasteiger partial charge in [-0.1, -0.05) is 215 Å². The molecule has 17 nitrogen and oxygen atoms in total. The number of nitrogens with zero attached hydrogens (tertiary/aromatic N) is 7. The lowest BCUT2D eigenvalue weighted by Crippen LogP contribution is -2.31. The van der Waals surface area contributed by atoms with Crippen LogP contribution in [0.2, 0.25) is 20.5 Å². The van der Waals surface area contributed by atoms with Gasteiger partial charge in [-0.05, 0) is 226 Å². The molecule has 0 saturated carbocycles. The van der Waals surface area contributed by atoms with Gasteiger partial charge < -0.3 is 32.7 Å². The van der Waals surface area contributed by atoms with Gasteiger partial charge in [-0.2, -0.15) is 0 Å². The summed E-state index contributed by atoms with van der Waals surface area (Å²) < 4.78 is 2.35. The molecule has 0 spiro atoms. The normalized spacial score (nSPS) is 11.0. The number of benzene rings is 5. The van der Waals surface area contributed by atoms with Crippen LogP contribution in [0.3, 0.4) is 0 Å². The van der Waals surface area contributed by atoms with Crippen LogP contribution in [-0.2, 0) is 51.4 Å². The maximum absolute atomic E-state index is 12.7. The second-order valence-electron chi connectivity index (χ2n) is 25.4. The Bertz CT molecular complexity index is 3880. The molecule has 0 radical (unpaired) electrons. The van der Waals surface area contributed by atoms with Gasteiger partial charge in [0.25, 0.3) is 11.8 Å². The van der Waals surface area contributed by atoms with Crippen molar-refractivity contribution in [1.29, 1.82) is 10.8 Å². The van der Waals surface area contributed by atoms with Gasteiger partial charge in [0.05, 0.1) is 17.1 Å². The number of nitrogens with one attached hydrogen (secondary N) is 4. The lowest BCUT2D eigenvalue weighted by molar-refractivity contribution is 0.0963. The highest BCUT2D eigenvalue weighted by Crippen LogP contribution is 2.24. The highest BCUT2D eigenvalue weighted by molar-refractivity contribution is 14.1. The quantitative estimate of drug-likeness (QED) is 0.00621. The van der Waals surface area contributed by atoms with Gasteiger partial charge in [0.15, 0.2) is 50.1 Å². The number of unbranched alkanes of at least 4 members (excludes halogenated alkanes) is 13. The molecule has 8 rings (SSSR count). The van der Waals surface area contributed by atoms with Crippen molar-refractivity contribution in [2.24, 2.45) is 0 Å². The zero-order valence-corrected chi connectivity index (χ0v) is 66.1. The minimum Gasteiger partial charge on any atom is -0.382 e. The van der Waals surface area contributed by atoms with Crippen LogP contribution in [0.25, 0.3) is 0 Å². The number of aryl methyl sites for hydroxylation is 8. The molecule has 23 heteroatoms. The van der Waals surface area contributed by atoms with E-state index in [0.717, 1.165) is 107 Å². The number of Topliss-reactive ketones (excluding diaryl/α,β-unsaturated/α-hetero) is 1. The minimum atomic E-state index is -0.555. The third-order valence-electron chi connectivity index (χ3n) is 17.1. The molecule has 0 bridgehead atoms. The van der Waals surface area contributed by atoms with Crippen LogP contribution < -0.4 is 27.8 Å². The molecular weight excluding hydrogens is 1590 g/mol. The molecule has 3 aromatic heterocycles. The number of nitrogens with two attached hydrogens (primary N) is 3. The topological polar surface area (TPSA) is 282 Å². The molecule has 0 aliphatic heterocycles. The maximum Gasteiger partial charge on any atom is 0.279 e. The summed E-state index contributed by atoms with van der Waals surface area (Å²) in [4.78, 5) is 65.7. The fraction of sp³-hybridized carbons (Fsp3) is 0.405. The predicted octanol–water partition coefficient (Wildman–Crippen LogP) is 19.2. The number of nitrogen functional groups attached to an aromatic ring is 3. The first-order chi connectivity index (χ1) is 49.2. The molecule has 0 unspecified atom stereocenters. The van der Waals surface area contributed by atoms with Gasteiger partial charge >= 0.3 is 0 Å². The largest absolute Gasteiger partial charge is 0.382 e. The van der Waals surface area contributed by atoms with Crippen molar-refractivity contribution in [2.45, 2.75) is 187 Å². The van der Waals surface area contributed by atoms with Crippen molar-refractivity contribution >= 4 is 138 Å². The van der Waals surface area contributed by atoms with Crippen LogP contribution in [-0.4, -0.2) is 84.2 Å². The van der Waals surface area contributed by atoms with Crippen LogP contribution in [0.15, 0.2) is 133 Å². The fourth-order valence-electron chi connectivity index (χ4n) is 11.2. The van der Waals surface area contributed by atoms with Crippen molar-refractivity contribution in [1.82, 2.24) is 45.4 Å². The third kappa shape index (κ3) is 32.5. The third-order valence-corrected chi connectivity index (χ3v) is 19.7. The van der Waals surface area contributed by atoms with E-state index in [9.17, 15) is 14.4 Å². The van der Waals surface area contributed by atoms with E-state index in [0.29, 0.717) is 60.6 Å². The van der Waals surface area contributed by atoms with Gasteiger partial charge in [0.1, 0.15) is 17.4 Å². The number of hydrogen-bond acceptors (Lipinski definition) is 15. The molecule has 3 heterocycles. The molecule has 0 aliphatic rings. The van der Waals surface area contributed by atoms with Gasteiger partial charge in [0.2, 0.25) is 0 Å². The Hall–Kier alpha value is -6.73. The Morgan fingerprint density at radius 2 is 0.716 bits per heavy atom. The summed E-state index contributed by atoms with van der Waals surface area (Å²) in [6, 6.07) is 45.1. The molecule has 0 fully saturated rings. The molecule has 8 aromatic rings. The standard InChI is InChI=1S/C31H40Cl2N4O.C25H27ClIN5O.C23H31ClIN5O/c1-37(22-10-3-2-6-12-24-13-7-4-8-14-24)23-11-5-9-15-28(38)29-31(34)35-27(30(33)36-29)21-18-25-16-19-26(32)20-17-25;26-23-20(16-13-18-11-14-19(27)15-12-18)30-24(29)22(32-23)25(33)31-21(28)10-6-2-5-9-17-7-3-1-4-8-17;1-2-3-4-5-6-7-8-9-19(26)29-23(31)20-22(27)28-18(21(24)30-20)15-12-16-10-13-17(25)14-11-16/h4,7-8,13-14,16-17,19-20H,2-3,5-6,9-12,15,18,21-23H2,1H3,(H2,34,35);1,3-4,7-8,11-12,14-15H,2,5-6,9-10,13,16H2,(H2,29,30)(H2,28,31,33);10-11,13-14H,2-9,12,15H2,1H3,(H2,27,28)(H2,26,29,31). The summed E-state index contributed by atoms with van der Waals surface area (Å²) in [5.41, 5.74) is 26.1. The summed E-state index contributed by atoms with van der Waals surface area (Å²) in [6.07, 6.45) is 26.5. The van der Waals surface area contributed by atoms with Gasteiger partial charge in [-0.25, -0.2) is 29.9 Å². The number of amidine groups is 2. The Labute approximate surface area is 650 Å². The Kier molecular flexibility index (Phi) is 39.3. The first-order valence-corrected chi connectivity index (χ1v) is 39.2. The monoisotopic (exact) mass is 1680 g/mol. The number of hydrogen-bond donors (Lipinski definition) is 7. The number of rotatable bonds is 39. The Balaban J connectivity index is 0.000000242. The number of amides is 2. The first kappa shape index (κ1) is 84.2. The molecule has 102 heavy (non-hydrogen) atoms. The lowest BCUT2D eigenvalue weighted by atomic mass is 10.1. The molecule has 2 amide bonds. The molecule has 5 aromatic carbocycles. The van der Waals surface area contributed by atoms with Crippen LogP contribution >= 0.6 is 91.6 Å².